The molecule has 1 heterocycles. The molecule has 1 atom stereocenters. The molecule has 16 heavy (non-hydrogen) atoms. The first-order chi connectivity index (χ1) is 7.78. The van der Waals surface area contributed by atoms with Crippen LogP contribution < -0.4 is 4.74 Å². The molecule has 0 bridgehead atoms. The van der Waals surface area contributed by atoms with Crippen LogP contribution in [0.15, 0.2) is 12.4 Å². The lowest BCUT2D eigenvalue weighted by Crippen LogP contribution is -2.17. The molecule has 1 aromatic rings. The topological polar surface area (TPSA) is 35.0 Å². The Morgan fingerprint density at radius 1 is 1.50 bits per heavy atom. The van der Waals surface area contributed by atoms with Crippen LogP contribution in [0, 0.1) is 5.92 Å². The van der Waals surface area contributed by atoms with Gasteiger partial charge in [0.2, 0.25) is 5.88 Å². The third kappa shape index (κ3) is 3.08. The van der Waals surface area contributed by atoms with Crippen molar-refractivity contribution in [3.8, 4) is 5.88 Å². The predicted molar refractivity (Wildman–Crippen MR) is 63.9 cm³/mol. The largest absolute Gasteiger partial charge is 0.481 e. The third-order valence-corrected chi connectivity index (χ3v) is 3.48. The van der Waals surface area contributed by atoms with Gasteiger partial charge in [-0.2, -0.15) is 0 Å². The summed E-state index contributed by atoms with van der Waals surface area (Å²) in [6.07, 6.45) is 7.49. The standard InChI is InChI=1S/C12H17ClN2O/c1-16-12-7-11(14-8-15-12)6-10(13)5-9-3-2-4-9/h7-10H,2-6H2,1H3. The fourth-order valence-corrected chi connectivity index (χ4v) is 2.41. The Morgan fingerprint density at radius 2 is 2.31 bits per heavy atom. The average Bonchev–Trinajstić information content (AvgIpc) is 2.24. The third-order valence-electron chi connectivity index (χ3n) is 3.15. The second-order valence-corrected chi connectivity index (χ2v) is 5.00. The van der Waals surface area contributed by atoms with E-state index >= 15 is 0 Å². The summed E-state index contributed by atoms with van der Waals surface area (Å²) in [7, 11) is 1.61. The molecule has 0 aromatic carbocycles. The summed E-state index contributed by atoms with van der Waals surface area (Å²) in [6.45, 7) is 0. The van der Waals surface area contributed by atoms with Crippen molar-refractivity contribution in [3.05, 3.63) is 18.1 Å². The van der Waals surface area contributed by atoms with Crippen molar-refractivity contribution in [2.45, 2.75) is 37.5 Å². The first kappa shape index (κ1) is 11.6. The van der Waals surface area contributed by atoms with Gasteiger partial charge in [0, 0.05) is 23.6 Å². The number of hydrogen-bond donors (Lipinski definition) is 0. The van der Waals surface area contributed by atoms with Gasteiger partial charge < -0.3 is 4.74 Å². The Balaban J connectivity index is 1.86. The van der Waals surface area contributed by atoms with E-state index in [4.69, 9.17) is 16.3 Å². The number of halogens is 1. The van der Waals surface area contributed by atoms with Crippen LogP contribution in [0.5, 0.6) is 5.88 Å². The van der Waals surface area contributed by atoms with Gasteiger partial charge in [-0.05, 0) is 12.3 Å². The number of rotatable bonds is 5. The highest BCUT2D eigenvalue weighted by molar-refractivity contribution is 6.20. The molecule has 0 N–H and O–H groups in total. The molecule has 1 saturated carbocycles. The average molecular weight is 241 g/mol. The molecule has 4 heteroatoms. The van der Waals surface area contributed by atoms with E-state index in [0.29, 0.717) is 5.88 Å². The molecule has 0 spiro atoms. The quantitative estimate of drug-likeness (QED) is 0.743. The Morgan fingerprint density at radius 3 is 2.94 bits per heavy atom. The summed E-state index contributed by atoms with van der Waals surface area (Å²) in [6, 6.07) is 1.86. The van der Waals surface area contributed by atoms with Crippen molar-refractivity contribution in [2.75, 3.05) is 7.11 Å². The molecule has 1 aromatic heterocycles. The Hall–Kier alpha value is -0.830. The summed E-state index contributed by atoms with van der Waals surface area (Å²) in [5.41, 5.74) is 0.964. The highest BCUT2D eigenvalue weighted by Gasteiger charge is 2.21. The van der Waals surface area contributed by atoms with Crippen LogP contribution in [-0.2, 0) is 6.42 Å². The van der Waals surface area contributed by atoms with Crippen LogP contribution in [0.1, 0.15) is 31.4 Å². The second kappa shape index (κ2) is 5.48. The van der Waals surface area contributed by atoms with Crippen LogP contribution >= 0.6 is 11.6 Å². The smallest absolute Gasteiger partial charge is 0.216 e. The highest BCUT2D eigenvalue weighted by Crippen LogP contribution is 2.32. The monoisotopic (exact) mass is 240 g/mol. The lowest BCUT2D eigenvalue weighted by molar-refractivity contribution is 0.291. The van der Waals surface area contributed by atoms with Gasteiger partial charge in [-0.15, -0.1) is 11.6 Å². The first-order valence-electron chi connectivity index (χ1n) is 5.77. The molecule has 0 saturated heterocycles. The minimum atomic E-state index is 0.185. The maximum Gasteiger partial charge on any atom is 0.216 e. The van der Waals surface area contributed by atoms with Crippen LogP contribution in [0.4, 0.5) is 0 Å². The van der Waals surface area contributed by atoms with Gasteiger partial charge in [0.05, 0.1) is 7.11 Å². The van der Waals surface area contributed by atoms with Crippen molar-refractivity contribution in [1.29, 1.82) is 0 Å². The lowest BCUT2D eigenvalue weighted by atomic mass is 9.81. The zero-order chi connectivity index (χ0) is 11.4. The fraction of sp³-hybridized carbons (Fsp3) is 0.667. The summed E-state index contributed by atoms with van der Waals surface area (Å²) in [5.74, 6) is 1.45. The van der Waals surface area contributed by atoms with E-state index in [0.717, 1.165) is 24.5 Å². The van der Waals surface area contributed by atoms with Gasteiger partial charge >= 0.3 is 0 Å². The van der Waals surface area contributed by atoms with E-state index in [2.05, 4.69) is 9.97 Å². The van der Waals surface area contributed by atoms with Crippen LogP contribution in [-0.4, -0.2) is 22.5 Å². The first-order valence-corrected chi connectivity index (χ1v) is 6.20. The number of nitrogens with zero attached hydrogens (tertiary/aromatic N) is 2. The number of methoxy groups -OCH3 is 1. The molecule has 1 aliphatic rings. The molecule has 3 nitrogen and oxygen atoms in total. The molecule has 2 rings (SSSR count). The van der Waals surface area contributed by atoms with Crippen molar-refractivity contribution < 1.29 is 4.74 Å². The summed E-state index contributed by atoms with van der Waals surface area (Å²) < 4.78 is 5.06. The van der Waals surface area contributed by atoms with E-state index < -0.39 is 0 Å². The van der Waals surface area contributed by atoms with E-state index in [9.17, 15) is 0 Å². The molecule has 1 unspecified atom stereocenters. The van der Waals surface area contributed by atoms with E-state index in [-0.39, 0.29) is 5.38 Å². The van der Waals surface area contributed by atoms with Crippen molar-refractivity contribution in [3.63, 3.8) is 0 Å². The number of alkyl halides is 1. The fourth-order valence-electron chi connectivity index (χ4n) is 2.00. The van der Waals surface area contributed by atoms with Crippen LogP contribution in [0.25, 0.3) is 0 Å². The minimum Gasteiger partial charge on any atom is -0.481 e. The summed E-state index contributed by atoms with van der Waals surface area (Å²) in [5, 5.41) is 0.185. The SMILES string of the molecule is COc1cc(CC(Cl)CC2CCC2)ncn1. The van der Waals surface area contributed by atoms with Gasteiger partial charge in [0.15, 0.2) is 0 Å². The van der Waals surface area contributed by atoms with Gasteiger partial charge in [-0.25, -0.2) is 9.97 Å². The van der Waals surface area contributed by atoms with Gasteiger partial charge in [-0.3, -0.25) is 0 Å². The highest BCUT2D eigenvalue weighted by atomic mass is 35.5. The lowest BCUT2D eigenvalue weighted by Gasteiger charge is -2.27. The van der Waals surface area contributed by atoms with Crippen molar-refractivity contribution in [2.24, 2.45) is 5.92 Å². The Labute approximate surface area is 101 Å². The predicted octanol–water partition coefficient (Wildman–Crippen LogP) is 2.83. The van der Waals surface area contributed by atoms with E-state index in [1.807, 2.05) is 6.07 Å². The molecule has 0 radical (unpaired) electrons. The van der Waals surface area contributed by atoms with E-state index in [1.54, 1.807) is 7.11 Å². The van der Waals surface area contributed by atoms with Crippen LogP contribution in [0.2, 0.25) is 0 Å². The molecule has 1 aliphatic carbocycles. The molecule has 0 amide bonds. The van der Waals surface area contributed by atoms with Gasteiger partial charge in [0.1, 0.15) is 6.33 Å². The van der Waals surface area contributed by atoms with Crippen molar-refractivity contribution >= 4 is 11.6 Å². The molecule has 0 aliphatic heterocycles. The maximum absolute atomic E-state index is 6.32. The number of hydrogen-bond acceptors (Lipinski definition) is 3. The van der Waals surface area contributed by atoms with E-state index in [1.165, 1.54) is 25.6 Å². The second-order valence-electron chi connectivity index (χ2n) is 4.39. The molecule has 88 valence electrons. The zero-order valence-corrected chi connectivity index (χ0v) is 10.3. The molecular weight excluding hydrogens is 224 g/mol. The van der Waals surface area contributed by atoms with Crippen molar-refractivity contribution in [1.82, 2.24) is 9.97 Å². The van der Waals surface area contributed by atoms with Crippen LogP contribution in [0.3, 0.4) is 0 Å². The summed E-state index contributed by atoms with van der Waals surface area (Å²) in [4.78, 5) is 8.18. The normalized spacial score (nSPS) is 17.9. The Bertz CT molecular complexity index is 342. The summed E-state index contributed by atoms with van der Waals surface area (Å²) >= 11 is 6.32. The maximum atomic E-state index is 6.32. The Kier molecular flexibility index (Phi) is 3.99. The van der Waals surface area contributed by atoms with Gasteiger partial charge in [0.25, 0.3) is 0 Å². The molecule has 1 fully saturated rings. The number of aromatic nitrogens is 2. The molecular formula is C12H17ClN2O. The van der Waals surface area contributed by atoms with Gasteiger partial charge in [-0.1, -0.05) is 19.3 Å². The zero-order valence-electron chi connectivity index (χ0n) is 9.53. The number of ether oxygens (including phenoxy) is 1. The minimum absolute atomic E-state index is 0.185.